The molecule has 2 aromatic rings. The maximum atomic E-state index is 8.68. The molecule has 0 bridgehead atoms. The van der Waals surface area contributed by atoms with Crippen LogP contribution in [0.5, 0.6) is 0 Å². The Labute approximate surface area is 95.1 Å². The molecule has 1 aromatic carbocycles. The molecule has 0 saturated carbocycles. The number of aromatic amines is 1. The molecular weight excluding hydrogens is 198 g/mol. The second-order valence-electron chi connectivity index (χ2n) is 4.02. The van der Waals surface area contributed by atoms with Gasteiger partial charge in [-0.2, -0.15) is 5.26 Å². The molecule has 82 valence electrons. The van der Waals surface area contributed by atoms with Crippen LogP contribution in [-0.4, -0.2) is 11.5 Å². The highest BCUT2D eigenvalue weighted by molar-refractivity contribution is 5.82. The van der Waals surface area contributed by atoms with Gasteiger partial charge in [0.2, 0.25) is 0 Å². The molecule has 0 fully saturated rings. The summed E-state index contributed by atoms with van der Waals surface area (Å²) in [4.78, 5) is 3.19. The first-order valence-corrected chi connectivity index (χ1v) is 5.46. The Balaban J connectivity index is 2.04. The third-order valence-corrected chi connectivity index (χ3v) is 2.67. The first-order valence-electron chi connectivity index (χ1n) is 5.46. The highest BCUT2D eigenvalue weighted by Gasteiger charge is 2.02. The van der Waals surface area contributed by atoms with Crippen LogP contribution in [-0.2, 0) is 6.54 Å². The highest BCUT2D eigenvalue weighted by atomic mass is 14.9. The molecule has 0 spiro atoms. The van der Waals surface area contributed by atoms with Crippen LogP contribution in [0.3, 0.4) is 0 Å². The largest absolute Gasteiger partial charge is 0.361 e. The minimum Gasteiger partial charge on any atom is -0.361 e. The van der Waals surface area contributed by atoms with Gasteiger partial charge in [0.15, 0.2) is 0 Å². The predicted molar refractivity (Wildman–Crippen MR) is 64.8 cm³/mol. The van der Waals surface area contributed by atoms with Gasteiger partial charge in [-0.05, 0) is 24.6 Å². The topological polar surface area (TPSA) is 51.6 Å². The molecule has 1 aromatic heterocycles. The number of fused-ring (bicyclic) bond motifs is 1. The molecule has 1 atom stereocenters. The maximum Gasteiger partial charge on any atom is 0.0666 e. The van der Waals surface area contributed by atoms with Crippen LogP contribution in [0.15, 0.2) is 30.5 Å². The molecule has 1 heterocycles. The van der Waals surface area contributed by atoms with Gasteiger partial charge in [0, 0.05) is 30.2 Å². The molecule has 2 rings (SSSR count). The SMILES string of the molecule is CC(C#N)CNCc1cccc2[nH]ccc12. The molecule has 2 N–H and O–H groups in total. The van der Waals surface area contributed by atoms with Crippen molar-refractivity contribution in [2.45, 2.75) is 13.5 Å². The number of nitrogens with zero attached hydrogens (tertiary/aromatic N) is 1. The van der Waals surface area contributed by atoms with Crippen LogP contribution in [0.4, 0.5) is 0 Å². The summed E-state index contributed by atoms with van der Waals surface area (Å²) in [5.41, 5.74) is 2.43. The lowest BCUT2D eigenvalue weighted by Crippen LogP contribution is -2.19. The zero-order valence-corrected chi connectivity index (χ0v) is 9.33. The van der Waals surface area contributed by atoms with Gasteiger partial charge in [-0.3, -0.25) is 0 Å². The van der Waals surface area contributed by atoms with E-state index in [9.17, 15) is 0 Å². The Kier molecular flexibility index (Phi) is 3.23. The normalized spacial score (nSPS) is 12.5. The van der Waals surface area contributed by atoms with Crippen molar-refractivity contribution in [1.29, 1.82) is 5.26 Å². The van der Waals surface area contributed by atoms with Gasteiger partial charge in [0.1, 0.15) is 0 Å². The van der Waals surface area contributed by atoms with Crippen LogP contribution in [0.1, 0.15) is 12.5 Å². The van der Waals surface area contributed by atoms with Gasteiger partial charge in [0.25, 0.3) is 0 Å². The Morgan fingerprint density at radius 3 is 3.12 bits per heavy atom. The summed E-state index contributed by atoms with van der Waals surface area (Å²) < 4.78 is 0. The van der Waals surface area contributed by atoms with Crippen molar-refractivity contribution in [3.63, 3.8) is 0 Å². The number of hydrogen-bond acceptors (Lipinski definition) is 2. The van der Waals surface area contributed by atoms with Crippen LogP contribution in [0.25, 0.3) is 10.9 Å². The molecule has 0 saturated heterocycles. The second kappa shape index (κ2) is 4.82. The Morgan fingerprint density at radius 2 is 2.31 bits per heavy atom. The standard InChI is InChI=1S/C13H15N3/c1-10(7-14)8-15-9-11-3-2-4-13-12(11)5-6-16-13/h2-6,10,15-16H,8-9H2,1H3. The first kappa shape index (κ1) is 10.7. The van der Waals surface area contributed by atoms with E-state index in [1.165, 1.54) is 10.9 Å². The van der Waals surface area contributed by atoms with Crippen molar-refractivity contribution in [3.05, 3.63) is 36.0 Å². The van der Waals surface area contributed by atoms with Crippen molar-refractivity contribution >= 4 is 10.9 Å². The van der Waals surface area contributed by atoms with E-state index in [2.05, 4.69) is 34.6 Å². The molecule has 0 amide bonds. The third kappa shape index (κ3) is 2.23. The fourth-order valence-corrected chi connectivity index (χ4v) is 1.77. The third-order valence-electron chi connectivity index (χ3n) is 2.67. The van der Waals surface area contributed by atoms with Crippen LogP contribution >= 0.6 is 0 Å². The number of nitriles is 1. The summed E-state index contributed by atoms with van der Waals surface area (Å²) >= 11 is 0. The lowest BCUT2D eigenvalue weighted by Gasteiger charge is -2.07. The van der Waals surface area contributed by atoms with Crippen molar-refractivity contribution in [3.8, 4) is 6.07 Å². The van der Waals surface area contributed by atoms with E-state index in [-0.39, 0.29) is 5.92 Å². The van der Waals surface area contributed by atoms with Gasteiger partial charge in [-0.15, -0.1) is 0 Å². The number of aromatic nitrogens is 1. The van der Waals surface area contributed by atoms with E-state index < -0.39 is 0 Å². The van der Waals surface area contributed by atoms with Crippen molar-refractivity contribution in [2.24, 2.45) is 5.92 Å². The van der Waals surface area contributed by atoms with Crippen LogP contribution in [0, 0.1) is 17.2 Å². The number of rotatable bonds is 4. The Bertz CT molecular complexity index is 507. The average Bonchev–Trinajstić information content (AvgIpc) is 2.77. The lowest BCUT2D eigenvalue weighted by atomic mass is 10.1. The average molecular weight is 213 g/mol. The fourth-order valence-electron chi connectivity index (χ4n) is 1.77. The second-order valence-corrected chi connectivity index (χ2v) is 4.02. The zero-order valence-electron chi connectivity index (χ0n) is 9.33. The van der Waals surface area contributed by atoms with Crippen LogP contribution < -0.4 is 5.32 Å². The smallest absolute Gasteiger partial charge is 0.0666 e. The summed E-state index contributed by atoms with van der Waals surface area (Å²) in [6.45, 7) is 3.46. The van der Waals surface area contributed by atoms with Gasteiger partial charge >= 0.3 is 0 Å². The molecule has 3 heteroatoms. The first-order chi connectivity index (χ1) is 7.81. The lowest BCUT2D eigenvalue weighted by molar-refractivity contribution is 0.603. The molecule has 16 heavy (non-hydrogen) atoms. The number of hydrogen-bond donors (Lipinski definition) is 2. The molecule has 0 aliphatic rings. The van der Waals surface area contributed by atoms with Gasteiger partial charge in [-0.1, -0.05) is 12.1 Å². The summed E-state index contributed by atoms with van der Waals surface area (Å²) in [7, 11) is 0. The minimum absolute atomic E-state index is 0.0606. The zero-order chi connectivity index (χ0) is 11.4. The molecule has 0 radical (unpaired) electrons. The van der Waals surface area contributed by atoms with Gasteiger partial charge in [0.05, 0.1) is 12.0 Å². The molecule has 3 nitrogen and oxygen atoms in total. The summed E-state index contributed by atoms with van der Waals surface area (Å²) in [6, 6.07) is 10.5. The summed E-state index contributed by atoms with van der Waals surface area (Å²) in [5.74, 6) is 0.0606. The van der Waals surface area contributed by atoms with Crippen molar-refractivity contribution in [1.82, 2.24) is 10.3 Å². The van der Waals surface area contributed by atoms with E-state index in [4.69, 9.17) is 5.26 Å². The van der Waals surface area contributed by atoms with E-state index in [0.717, 1.165) is 18.6 Å². The maximum absolute atomic E-state index is 8.68. The molecule has 0 aliphatic carbocycles. The summed E-state index contributed by atoms with van der Waals surface area (Å²) in [5, 5.41) is 13.2. The van der Waals surface area contributed by atoms with Gasteiger partial charge < -0.3 is 10.3 Å². The fraction of sp³-hybridized carbons (Fsp3) is 0.308. The van der Waals surface area contributed by atoms with Crippen molar-refractivity contribution in [2.75, 3.05) is 6.54 Å². The van der Waals surface area contributed by atoms with E-state index in [0.29, 0.717) is 0 Å². The predicted octanol–water partition coefficient (Wildman–Crippen LogP) is 2.42. The Hall–Kier alpha value is -1.79. The van der Waals surface area contributed by atoms with Crippen molar-refractivity contribution < 1.29 is 0 Å². The van der Waals surface area contributed by atoms with Gasteiger partial charge in [-0.25, -0.2) is 0 Å². The number of nitrogens with one attached hydrogen (secondary N) is 2. The van der Waals surface area contributed by atoms with E-state index in [1.54, 1.807) is 0 Å². The summed E-state index contributed by atoms with van der Waals surface area (Å²) in [6.07, 6.45) is 1.95. The number of benzene rings is 1. The minimum atomic E-state index is 0.0606. The number of H-pyrrole nitrogens is 1. The van der Waals surface area contributed by atoms with E-state index >= 15 is 0 Å². The quantitative estimate of drug-likeness (QED) is 0.819. The van der Waals surface area contributed by atoms with Crippen LogP contribution in [0.2, 0.25) is 0 Å². The Morgan fingerprint density at radius 1 is 1.44 bits per heavy atom. The van der Waals surface area contributed by atoms with E-state index in [1.807, 2.05) is 19.2 Å². The molecule has 1 unspecified atom stereocenters. The molecular formula is C13H15N3. The molecule has 0 aliphatic heterocycles. The monoisotopic (exact) mass is 213 g/mol. The highest BCUT2D eigenvalue weighted by Crippen LogP contribution is 2.16.